The Labute approximate surface area is 86.3 Å². The van der Waals surface area contributed by atoms with Gasteiger partial charge >= 0.3 is 0 Å². The number of unbranched alkanes of at least 4 members (excludes halogenated alkanes) is 1. The number of hydrogen-bond acceptors (Lipinski definition) is 4. The summed E-state index contributed by atoms with van der Waals surface area (Å²) in [5, 5.41) is 17.7. The van der Waals surface area contributed by atoms with E-state index in [9.17, 15) is 0 Å². The predicted octanol–water partition coefficient (Wildman–Crippen LogP) is 0.171. The van der Waals surface area contributed by atoms with E-state index in [2.05, 4.69) is 6.92 Å². The van der Waals surface area contributed by atoms with Crippen molar-refractivity contribution in [3.05, 3.63) is 0 Å². The van der Waals surface area contributed by atoms with E-state index in [0.717, 1.165) is 19.3 Å². The van der Waals surface area contributed by atoms with Crippen molar-refractivity contribution < 1.29 is 10.2 Å². The van der Waals surface area contributed by atoms with Crippen molar-refractivity contribution in [2.45, 2.75) is 44.7 Å². The van der Waals surface area contributed by atoms with Crippen LogP contribution in [0, 0.1) is 5.92 Å². The van der Waals surface area contributed by atoms with Crippen LogP contribution in [0.2, 0.25) is 0 Å². The summed E-state index contributed by atoms with van der Waals surface area (Å²) in [5.74, 6) is 0.0969. The van der Waals surface area contributed by atoms with Crippen LogP contribution in [0.15, 0.2) is 0 Å². The lowest BCUT2D eigenvalue weighted by atomic mass is 9.84. The Kier molecular flexibility index (Phi) is 7.09. The van der Waals surface area contributed by atoms with Crippen LogP contribution in [0.5, 0.6) is 0 Å². The molecule has 0 aromatic heterocycles. The Morgan fingerprint density at radius 3 is 2.21 bits per heavy atom. The molecule has 14 heavy (non-hydrogen) atoms. The van der Waals surface area contributed by atoms with Gasteiger partial charge in [0.15, 0.2) is 0 Å². The van der Waals surface area contributed by atoms with Gasteiger partial charge in [-0.3, -0.25) is 0 Å². The first-order valence-corrected chi connectivity index (χ1v) is 5.38. The number of hydrogen-bond donors (Lipinski definition) is 4. The van der Waals surface area contributed by atoms with Crippen molar-refractivity contribution in [1.82, 2.24) is 0 Å². The maximum absolute atomic E-state index is 8.89. The van der Waals surface area contributed by atoms with Crippen molar-refractivity contribution in [2.24, 2.45) is 17.4 Å². The van der Waals surface area contributed by atoms with Gasteiger partial charge in [0.05, 0.1) is 5.66 Å². The van der Waals surface area contributed by atoms with Crippen LogP contribution in [0.1, 0.15) is 39.0 Å². The Morgan fingerprint density at radius 2 is 1.79 bits per heavy atom. The third-order valence-corrected chi connectivity index (χ3v) is 2.69. The van der Waals surface area contributed by atoms with E-state index in [1.807, 2.05) is 0 Å². The van der Waals surface area contributed by atoms with Crippen LogP contribution in [0.25, 0.3) is 0 Å². The second kappa shape index (κ2) is 7.17. The first-order valence-electron chi connectivity index (χ1n) is 5.38. The highest BCUT2D eigenvalue weighted by Crippen LogP contribution is 2.22. The molecule has 6 N–H and O–H groups in total. The number of aliphatic hydroxyl groups is 2. The first-order chi connectivity index (χ1) is 6.58. The summed E-state index contributed by atoms with van der Waals surface area (Å²) < 4.78 is 0. The molecule has 0 aliphatic heterocycles. The van der Waals surface area contributed by atoms with Gasteiger partial charge in [0.2, 0.25) is 0 Å². The molecule has 0 aromatic carbocycles. The van der Waals surface area contributed by atoms with Gasteiger partial charge < -0.3 is 21.7 Å². The summed E-state index contributed by atoms with van der Waals surface area (Å²) in [7, 11) is 0. The van der Waals surface area contributed by atoms with Gasteiger partial charge in [-0.1, -0.05) is 19.8 Å². The molecule has 0 amide bonds. The van der Waals surface area contributed by atoms with E-state index in [1.165, 1.54) is 0 Å². The fraction of sp³-hybridized carbons (Fsp3) is 1.00. The van der Waals surface area contributed by atoms with Crippen LogP contribution in [0.4, 0.5) is 0 Å². The normalized spacial score (nSPS) is 14.4. The molecule has 0 heterocycles. The van der Waals surface area contributed by atoms with E-state index in [0.29, 0.717) is 12.8 Å². The van der Waals surface area contributed by atoms with Crippen molar-refractivity contribution in [2.75, 3.05) is 13.2 Å². The summed E-state index contributed by atoms with van der Waals surface area (Å²) in [6.45, 7) is 2.22. The van der Waals surface area contributed by atoms with Gasteiger partial charge in [-0.15, -0.1) is 0 Å². The van der Waals surface area contributed by atoms with Crippen molar-refractivity contribution in [3.8, 4) is 0 Å². The largest absolute Gasteiger partial charge is 0.396 e. The molecule has 0 saturated carbocycles. The summed E-state index contributed by atoms with van der Waals surface area (Å²) in [5.41, 5.74) is 11.0. The van der Waals surface area contributed by atoms with Gasteiger partial charge in [-0.25, -0.2) is 0 Å². The SMILES string of the molecule is CCCCC(CCO)C(N)(N)CCO. The molecule has 4 nitrogen and oxygen atoms in total. The van der Waals surface area contributed by atoms with E-state index in [1.54, 1.807) is 0 Å². The summed E-state index contributed by atoms with van der Waals surface area (Å²) in [6.07, 6.45) is 4.09. The van der Waals surface area contributed by atoms with E-state index < -0.39 is 5.66 Å². The topological polar surface area (TPSA) is 92.5 Å². The minimum absolute atomic E-state index is 0.00105. The minimum atomic E-state index is -0.841. The lowest BCUT2D eigenvalue weighted by Gasteiger charge is -2.33. The molecule has 1 unspecified atom stereocenters. The third-order valence-electron chi connectivity index (χ3n) is 2.69. The first kappa shape index (κ1) is 13.8. The second-order valence-electron chi connectivity index (χ2n) is 3.94. The number of nitrogens with two attached hydrogens (primary N) is 2. The molecule has 86 valence electrons. The quantitative estimate of drug-likeness (QED) is 0.424. The zero-order chi connectivity index (χ0) is 11.0. The molecule has 0 spiro atoms. The fourth-order valence-electron chi connectivity index (χ4n) is 1.69. The Hall–Kier alpha value is -0.160. The predicted molar refractivity (Wildman–Crippen MR) is 57.5 cm³/mol. The van der Waals surface area contributed by atoms with E-state index in [-0.39, 0.29) is 19.1 Å². The Balaban J connectivity index is 4.14. The molecule has 0 aliphatic carbocycles. The fourth-order valence-corrected chi connectivity index (χ4v) is 1.69. The highest BCUT2D eigenvalue weighted by Gasteiger charge is 2.29. The third kappa shape index (κ3) is 4.91. The van der Waals surface area contributed by atoms with Gasteiger partial charge in [0.25, 0.3) is 0 Å². The monoisotopic (exact) mass is 204 g/mol. The van der Waals surface area contributed by atoms with Gasteiger partial charge in [0, 0.05) is 19.6 Å². The lowest BCUT2D eigenvalue weighted by molar-refractivity contribution is 0.150. The zero-order valence-electron chi connectivity index (χ0n) is 9.08. The highest BCUT2D eigenvalue weighted by atomic mass is 16.3. The highest BCUT2D eigenvalue weighted by molar-refractivity contribution is 4.85. The second-order valence-corrected chi connectivity index (χ2v) is 3.94. The maximum Gasteiger partial charge on any atom is 0.0688 e. The molecule has 0 saturated heterocycles. The van der Waals surface area contributed by atoms with Crippen LogP contribution >= 0.6 is 0 Å². The smallest absolute Gasteiger partial charge is 0.0688 e. The van der Waals surface area contributed by atoms with Gasteiger partial charge in [-0.05, 0) is 18.8 Å². The Bertz CT molecular complexity index is 140. The average Bonchev–Trinajstić information content (AvgIpc) is 2.11. The lowest BCUT2D eigenvalue weighted by Crippen LogP contribution is -2.56. The molecular formula is C10H24N2O2. The molecule has 0 radical (unpaired) electrons. The molecular weight excluding hydrogens is 180 g/mol. The maximum atomic E-state index is 8.89. The van der Waals surface area contributed by atoms with Crippen LogP contribution in [-0.2, 0) is 0 Å². The summed E-state index contributed by atoms with van der Waals surface area (Å²) in [4.78, 5) is 0. The molecule has 1 atom stereocenters. The van der Waals surface area contributed by atoms with E-state index >= 15 is 0 Å². The van der Waals surface area contributed by atoms with Gasteiger partial charge in [-0.2, -0.15) is 0 Å². The zero-order valence-corrected chi connectivity index (χ0v) is 9.08. The molecule has 0 bridgehead atoms. The molecule has 0 fully saturated rings. The number of aliphatic hydroxyl groups excluding tert-OH is 2. The van der Waals surface area contributed by atoms with E-state index in [4.69, 9.17) is 21.7 Å². The standard InChI is InChI=1S/C10H24N2O2/c1-2-3-4-9(5-7-13)10(11,12)6-8-14/h9,13-14H,2-8,11-12H2,1H3. The van der Waals surface area contributed by atoms with Crippen LogP contribution in [0.3, 0.4) is 0 Å². The molecule has 0 aliphatic rings. The summed E-state index contributed by atoms with van der Waals surface area (Å²) in [6, 6.07) is 0. The average molecular weight is 204 g/mol. The van der Waals surface area contributed by atoms with Crippen molar-refractivity contribution in [1.29, 1.82) is 0 Å². The van der Waals surface area contributed by atoms with Crippen LogP contribution < -0.4 is 11.5 Å². The molecule has 4 heteroatoms. The summed E-state index contributed by atoms with van der Waals surface area (Å²) >= 11 is 0. The van der Waals surface area contributed by atoms with Gasteiger partial charge in [0.1, 0.15) is 0 Å². The number of rotatable bonds is 8. The minimum Gasteiger partial charge on any atom is -0.396 e. The van der Waals surface area contributed by atoms with Crippen LogP contribution in [-0.4, -0.2) is 29.1 Å². The van der Waals surface area contributed by atoms with Crippen molar-refractivity contribution >= 4 is 0 Å². The molecule has 0 rings (SSSR count). The molecule has 0 aromatic rings. The Morgan fingerprint density at radius 1 is 1.14 bits per heavy atom. The van der Waals surface area contributed by atoms with Crippen molar-refractivity contribution in [3.63, 3.8) is 0 Å².